The van der Waals surface area contributed by atoms with Crippen LogP contribution >= 0.6 is 0 Å². The highest BCUT2D eigenvalue weighted by Gasteiger charge is 2.35. The Morgan fingerprint density at radius 2 is 1.81 bits per heavy atom. The van der Waals surface area contributed by atoms with Crippen molar-refractivity contribution in [2.75, 3.05) is 30.8 Å². The molecule has 1 amide bonds. The summed E-state index contributed by atoms with van der Waals surface area (Å²) in [5, 5.41) is 0. The molecule has 27 heavy (non-hydrogen) atoms. The molecule has 1 saturated heterocycles. The van der Waals surface area contributed by atoms with Crippen molar-refractivity contribution in [1.82, 2.24) is 4.90 Å². The van der Waals surface area contributed by atoms with E-state index in [1.165, 1.54) is 18.9 Å². The second kappa shape index (κ2) is 8.20. The number of nitrogens with zero attached hydrogens (tertiary/aromatic N) is 2. The predicted molar refractivity (Wildman–Crippen MR) is 94.5 cm³/mol. The molecule has 1 aliphatic rings. The zero-order valence-electron chi connectivity index (χ0n) is 15.3. The van der Waals surface area contributed by atoms with Crippen molar-refractivity contribution >= 4 is 27.6 Å². The van der Waals surface area contributed by atoms with E-state index in [9.17, 15) is 26.8 Å². The molecule has 1 heterocycles. The smallest absolute Gasteiger partial charge is 0.308 e. The van der Waals surface area contributed by atoms with Crippen LogP contribution in [-0.2, 0) is 24.3 Å². The molecule has 7 nitrogen and oxygen atoms in total. The van der Waals surface area contributed by atoms with Gasteiger partial charge in [0.05, 0.1) is 25.0 Å². The van der Waals surface area contributed by atoms with Gasteiger partial charge < -0.3 is 9.64 Å². The fourth-order valence-corrected chi connectivity index (χ4v) is 4.35. The molecular weight excluding hydrogens is 382 g/mol. The first-order valence-corrected chi connectivity index (χ1v) is 10.2. The largest absolute Gasteiger partial charge is 0.469 e. The van der Waals surface area contributed by atoms with Crippen molar-refractivity contribution in [3.05, 3.63) is 29.8 Å². The Hall–Kier alpha value is -2.23. The van der Waals surface area contributed by atoms with Gasteiger partial charge >= 0.3 is 5.97 Å². The molecule has 0 aliphatic carbocycles. The molecule has 1 aromatic rings. The van der Waals surface area contributed by atoms with Crippen molar-refractivity contribution in [2.45, 2.75) is 25.8 Å². The summed E-state index contributed by atoms with van der Waals surface area (Å²) in [6.45, 7) is 1.94. The maximum absolute atomic E-state index is 13.6. The molecule has 0 aromatic heterocycles. The number of piperidine rings is 1. The highest BCUT2D eigenvalue weighted by Crippen LogP contribution is 2.25. The molecule has 1 fully saturated rings. The molecule has 2 rings (SSSR count). The third-order valence-corrected chi connectivity index (χ3v) is 5.81. The van der Waals surface area contributed by atoms with Gasteiger partial charge in [0, 0.05) is 19.2 Å². The quantitative estimate of drug-likeness (QED) is 0.695. The topological polar surface area (TPSA) is 84.0 Å². The van der Waals surface area contributed by atoms with E-state index in [-0.39, 0.29) is 30.7 Å². The maximum Gasteiger partial charge on any atom is 0.308 e. The Morgan fingerprint density at radius 1 is 1.22 bits per heavy atom. The minimum absolute atomic E-state index is 0.137. The van der Waals surface area contributed by atoms with E-state index in [4.69, 9.17) is 4.74 Å². The average Bonchev–Trinajstić information content (AvgIpc) is 2.62. The number of sulfonamides is 1. The number of ether oxygens (including phenoxy) is 1. The van der Waals surface area contributed by atoms with Gasteiger partial charge in [-0.1, -0.05) is 0 Å². The lowest BCUT2D eigenvalue weighted by Gasteiger charge is -2.36. The highest BCUT2D eigenvalue weighted by molar-refractivity contribution is 7.92. The third-order valence-electron chi connectivity index (χ3n) is 4.57. The summed E-state index contributed by atoms with van der Waals surface area (Å²) in [5.74, 6) is -3.44. The lowest BCUT2D eigenvalue weighted by molar-refractivity contribution is -0.149. The van der Waals surface area contributed by atoms with Gasteiger partial charge in [-0.15, -0.1) is 0 Å². The predicted octanol–water partition coefficient (Wildman–Crippen LogP) is 1.53. The zero-order valence-corrected chi connectivity index (χ0v) is 16.1. The summed E-state index contributed by atoms with van der Waals surface area (Å²) < 4.78 is 56.6. The van der Waals surface area contributed by atoms with Crippen LogP contribution in [0.3, 0.4) is 0 Å². The van der Waals surface area contributed by atoms with Crippen molar-refractivity contribution in [1.29, 1.82) is 0 Å². The van der Waals surface area contributed by atoms with E-state index in [0.717, 1.165) is 28.8 Å². The molecule has 0 bridgehead atoms. The minimum atomic E-state index is -3.94. The number of carbonyl (C=O) groups excluding carboxylic acids is 2. The SMILES string of the molecule is COC(=O)C1CCN(C(=O)C(C)N(c2ccc(F)c(F)c2)S(C)(=O)=O)CC1. The molecule has 0 spiro atoms. The minimum Gasteiger partial charge on any atom is -0.469 e. The van der Waals surface area contributed by atoms with Crippen LogP contribution in [0.4, 0.5) is 14.5 Å². The standard InChI is InChI=1S/C17H22F2N2O5S/c1-11(16(22)20-8-6-12(7-9-20)17(23)26-2)21(27(3,24)25)13-4-5-14(18)15(19)10-13/h4-5,10-12H,6-9H2,1-3H3. The number of amides is 1. The van der Waals surface area contributed by atoms with Crippen LogP contribution in [0.5, 0.6) is 0 Å². The Kier molecular flexibility index (Phi) is 6.40. The Morgan fingerprint density at radius 3 is 2.30 bits per heavy atom. The molecule has 1 aliphatic heterocycles. The lowest BCUT2D eigenvalue weighted by Crippen LogP contribution is -2.51. The molecule has 1 unspecified atom stereocenters. The van der Waals surface area contributed by atoms with E-state index < -0.39 is 33.6 Å². The van der Waals surface area contributed by atoms with Gasteiger partial charge in [0.25, 0.3) is 0 Å². The van der Waals surface area contributed by atoms with Crippen LogP contribution in [0.15, 0.2) is 18.2 Å². The number of anilines is 1. The fraction of sp³-hybridized carbons (Fsp3) is 0.529. The van der Waals surface area contributed by atoms with Gasteiger partial charge in [-0.05, 0) is 31.9 Å². The molecule has 0 N–H and O–H groups in total. The third kappa shape index (κ3) is 4.74. The average molecular weight is 404 g/mol. The van der Waals surface area contributed by atoms with E-state index >= 15 is 0 Å². The number of methoxy groups -OCH3 is 1. The summed E-state index contributed by atoms with van der Waals surface area (Å²) in [6, 6.07) is 1.50. The highest BCUT2D eigenvalue weighted by atomic mass is 32.2. The Bertz CT molecular complexity index is 823. The van der Waals surface area contributed by atoms with Gasteiger partial charge in [0.15, 0.2) is 11.6 Å². The summed E-state index contributed by atoms with van der Waals surface area (Å²) in [7, 11) is -2.64. The van der Waals surface area contributed by atoms with Crippen molar-refractivity contribution in [3.63, 3.8) is 0 Å². The van der Waals surface area contributed by atoms with E-state index in [1.54, 1.807) is 0 Å². The van der Waals surface area contributed by atoms with Crippen LogP contribution < -0.4 is 4.31 Å². The van der Waals surface area contributed by atoms with Gasteiger partial charge in [-0.3, -0.25) is 13.9 Å². The summed E-state index contributed by atoms with van der Waals surface area (Å²) >= 11 is 0. The van der Waals surface area contributed by atoms with Gasteiger partial charge in [0.2, 0.25) is 15.9 Å². The van der Waals surface area contributed by atoms with Crippen molar-refractivity contribution in [3.8, 4) is 0 Å². The number of carbonyl (C=O) groups is 2. The van der Waals surface area contributed by atoms with Crippen LogP contribution in [-0.4, -0.2) is 57.7 Å². The molecule has 0 radical (unpaired) electrons. The maximum atomic E-state index is 13.6. The number of hydrogen-bond donors (Lipinski definition) is 0. The summed E-state index contributed by atoms with van der Waals surface area (Å²) in [4.78, 5) is 25.8. The lowest BCUT2D eigenvalue weighted by atomic mass is 9.96. The molecular formula is C17H22F2N2O5S. The van der Waals surface area contributed by atoms with Gasteiger partial charge in [0.1, 0.15) is 6.04 Å². The van der Waals surface area contributed by atoms with Gasteiger partial charge in [-0.2, -0.15) is 0 Å². The first kappa shape index (κ1) is 21.1. The second-order valence-corrected chi connectivity index (χ2v) is 8.32. The molecule has 150 valence electrons. The summed E-state index contributed by atoms with van der Waals surface area (Å²) in [6.07, 6.45) is 1.71. The Balaban J connectivity index is 2.21. The number of likely N-dealkylation sites (tertiary alicyclic amines) is 1. The summed E-state index contributed by atoms with van der Waals surface area (Å²) in [5.41, 5.74) is -0.137. The van der Waals surface area contributed by atoms with Crippen LogP contribution in [0.2, 0.25) is 0 Å². The number of halogens is 2. The molecule has 10 heteroatoms. The Labute approximate surface area is 156 Å². The number of hydrogen-bond acceptors (Lipinski definition) is 5. The van der Waals surface area contributed by atoms with Crippen LogP contribution in [0, 0.1) is 17.6 Å². The molecule has 1 aromatic carbocycles. The number of benzene rings is 1. The van der Waals surface area contributed by atoms with E-state index in [0.29, 0.717) is 12.8 Å². The second-order valence-electron chi connectivity index (χ2n) is 6.46. The first-order valence-electron chi connectivity index (χ1n) is 8.37. The normalized spacial score (nSPS) is 16.7. The van der Waals surface area contributed by atoms with E-state index in [1.807, 2.05) is 0 Å². The van der Waals surface area contributed by atoms with Crippen molar-refractivity contribution in [2.24, 2.45) is 5.92 Å². The monoisotopic (exact) mass is 404 g/mol. The molecule has 0 saturated carbocycles. The zero-order chi connectivity index (χ0) is 20.4. The van der Waals surface area contributed by atoms with Crippen LogP contribution in [0.25, 0.3) is 0 Å². The number of rotatable bonds is 5. The van der Waals surface area contributed by atoms with Crippen molar-refractivity contribution < 1.29 is 31.5 Å². The molecule has 1 atom stereocenters. The fourth-order valence-electron chi connectivity index (χ4n) is 3.19. The first-order chi connectivity index (χ1) is 12.6. The van der Waals surface area contributed by atoms with E-state index in [2.05, 4.69) is 0 Å². The van der Waals surface area contributed by atoms with Crippen LogP contribution in [0.1, 0.15) is 19.8 Å². The number of esters is 1. The van der Waals surface area contributed by atoms with Gasteiger partial charge in [-0.25, -0.2) is 17.2 Å².